The predicted octanol–water partition coefficient (Wildman–Crippen LogP) is 2.98. The van der Waals surface area contributed by atoms with Gasteiger partial charge in [-0.2, -0.15) is 9.84 Å². The molecule has 0 aliphatic heterocycles. The van der Waals surface area contributed by atoms with Crippen molar-refractivity contribution in [2.75, 3.05) is 0 Å². The van der Waals surface area contributed by atoms with Crippen molar-refractivity contribution in [3.8, 4) is 17.5 Å². The second-order valence-electron chi connectivity index (χ2n) is 4.83. The summed E-state index contributed by atoms with van der Waals surface area (Å²) < 4.78 is 6.61. The summed E-state index contributed by atoms with van der Waals surface area (Å²) in [5.74, 6) is 0.493. The zero-order valence-corrected chi connectivity index (χ0v) is 11.4. The van der Waals surface area contributed by atoms with Crippen molar-refractivity contribution in [2.24, 2.45) is 0 Å². The van der Waals surface area contributed by atoms with Gasteiger partial charge in [-0.25, -0.2) is 9.78 Å². The molecule has 0 saturated carbocycles. The summed E-state index contributed by atoms with van der Waals surface area (Å²) in [7, 11) is 0. The summed E-state index contributed by atoms with van der Waals surface area (Å²) in [6.07, 6.45) is 0. The van der Waals surface area contributed by atoms with Gasteiger partial charge in [0.15, 0.2) is 11.4 Å². The van der Waals surface area contributed by atoms with Crippen LogP contribution in [-0.2, 0) is 0 Å². The Kier molecular flexibility index (Phi) is 2.57. The fourth-order valence-corrected chi connectivity index (χ4v) is 2.56. The van der Waals surface area contributed by atoms with Crippen molar-refractivity contribution in [1.29, 1.82) is 5.26 Å². The average molecular weight is 287 g/mol. The first-order valence-electron chi connectivity index (χ1n) is 6.70. The van der Waals surface area contributed by atoms with Crippen LogP contribution in [0.25, 0.3) is 27.8 Å². The number of para-hydroxylation sites is 1. The number of rotatable bonds is 1. The van der Waals surface area contributed by atoms with E-state index in [0.717, 1.165) is 5.56 Å². The maximum Gasteiger partial charge on any atom is 0.376 e. The fraction of sp³-hybridized carbons (Fsp3) is 0. The van der Waals surface area contributed by atoms with Crippen molar-refractivity contribution < 1.29 is 4.52 Å². The maximum absolute atomic E-state index is 12.0. The summed E-state index contributed by atoms with van der Waals surface area (Å²) in [5, 5.41) is 10.00. The first kappa shape index (κ1) is 12.4. The molecule has 4 aromatic rings. The van der Waals surface area contributed by atoms with Crippen molar-refractivity contribution in [2.45, 2.75) is 0 Å². The van der Waals surface area contributed by atoms with E-state index in [9.17, 15) is 10.1 Å². The summed E-state index contributed by atoms with van der Waals surface area (Å²) in [6.45, 7) is 0. The van der Waals surface area contributed by atoms with Crippen LogP contribution in [0.15, 0.2) is 63.9 Å². The van der Waals surface area contributed by atoms with E-state index < -0.39 is 5.63 Å². The molecule has 0 atom stereocenters. The van der Waals surface area contributed by atoms with E-state index in [0.29, 0.717) is 22.2 Å². The zero-order chi connectivity index (χ0) is 15.1. The van der Waals surface area contributed by atoms with E-state index in [1.807, 2.05) is 60.7 Å². The summed E-state index contributed by atoms with van der Waals surface area (Å²) in [4.78, 5) is 16.5. The molecule has 2 aromatic carbocycles. The van der Waals surface area contributed by atoms with Crippen LogP contribution < -0.4 is 5.63 Å². The van der Waals surface area contributed by atoms with E-state index >= 15 is 0 Å². The molecule has 0 aliphatic carbocycles. The smallest absolute Gasteiger partial charge is 0.328 e. The third-order valence-corrected chi connectivity index (χ3v) is 3.54. The number of nitriles is 1. The molecule has 0 spiro atoms. The lowest BCUT2D eigenvalue weighted by Crippen LogP contribution is -1.97. The maximum atomic E-state index is 12.0. The highest BCUT2D eigenvalue weighted by Crippen LogP contribution is 2.26. The molecule has 2 heterocycles. The highest BCUT2D eigenvalue weighted by Gasteiger charge is 2.18. The van der Waals surface area contributed by atoms with Crippen molar-refractivity contribution in [3.63, 3.8) is 0 Å². The van der Waals surface area contributed by atoms with E-state index in [1.165, 1.54) is 4.57 Å². The minimum Gasteiger partial charge on any atom is -0.328 e. The van der Waals surface area contributed by atoms with Crippen LogP contribution in [0.3, 0.4) is 0 Å². The molecule has 5 nitrogen and oxygen atoms in total. The zero-order valence-electron chi connectivity index (χ0n) is 11.4. The Morgan fingerprint density at radius 3 is 2.55 bits per heavy atom. The van der Waals surface area contributed by atoms with Gasteiger partial charge < -0.3 is 4.52 Å². The molecule has 5 heteroatoms. The average Bonchev–Trinajstić information content (AvgIpc) is 2.91. The van der Waals surface area contributed by atoms with Gasteiger partial charge in [-0.05, 0) is 6.07 Å². The number of benzene rings is 2. The molecule has 0 saturated heterocycles. The normalized spacial score (nSPS) is 10.9. The van der Waals surface area contributed by atoms with Gasteiger partial charge in [-0.15, -0.1) is 0 Å². The lowest BCUT2D eigenvalue weighted by atomic mass is 10.1. The Balaban J connectivity index is 2.27. The Labute approximate surface area is 124 Å². The van der Waals surface area contributed by atoms with Gasteiger partial charge in [0.25, 0.3) is 0 Å². The molecule has 2 aromatic heterocycles. The Morgan fingerprint density at radius 2 is 1.77 bits per heavy atom. The predicted molar refractivity (Wildman–Crippen MR) is 81.4 cm³/mol. The molecule has 0 amide bonds. The minimum atomic E-state index is -0.655. The van der Waals surface area contributed by atoms with Gasteiger partial charge in [0.2, 0.25) is 0 Å². The summed E-state index contributed by atoms with van der Waals surface area (Å²) >= 11 is 0. The van der Waals surface area contributed by atoms with E-state index in [2.05, 4.69) is 4.98 Å². The first-order chi connectivity index (χ1) is 10.8. The highest BCUT2D eigenvalue weighted by atomic mass is 16.5. The van der Waals surface area contributed by atoms with Gasteiger partial charge in [-0.1, -0.05) is 48.5 Å². The third-order valence-electron chi connectivity index (χ3n) is 3.54. The van der Waals surface area contributed by atoms with Crippen molar-refractivity contribution in [1.82, 2.24) is 9.56 Å². The molecule has 4 rings (SSSR count). The van der Waals surface area contributed by atoms with Gasteiger partial charge in [0.1, 0.15) is 11.6 Å². The lowest BCUT2D eigenvalue weighted by molar-refractivity contribution is 0.351. The van der Waals surface area contributed by atoms with Crippen LogP contribution in [0.5, 0.6) is 0 Å². The molecule has 22 heavy (non-hydrogen) atoms. The van der Waals surface area contributed by atoms with E-state index in [1.54, 1.807) is 0 Å². The molecule has 0 unspecified atom stereocenters. The molecule has 0 bridgehead atoms. The van der Waals surface area contributed by atoms with Gasteiger partial charge >= 0.3 is 5.63 Å². The third kappa shape index (κ3) is 1.64. The quantitative estimate of drug-likeness (QED) is 0.539. The lowest BCUT2D eigenvalue weighted by Gasteiger charge is -2.06. The second kappa shape index (κ2) is 4.57. The van der Waals surface area contributed by atoms with Crippen molar-refractivity contribution in [3.05, 3.63) is 70.6 Å². The van der Waals surface area contributed by atoms with E-state index in [-0.39, 0.29) is 5.56 Å². The first-order valence-corrected chi connectivity index (χ1v) is 6.70. The SMILES string of the molecule is N#Cc1c(=O)on2c(-c3ccccc3)nc3ccccc3c12. The number of aromatic nitrogens is 2. The van der Waals surface area contributed by atoms with Gasteiger partial charge in [0.05, 0.1) is 5.52 Å². The molecule has 0 radical (unpaired) electrons. The number of fused-ring (bicyclic) bond motifs is 3. The second-order valence-corrected chi connectivity index (χ2v) is 4.83. The van der Waals surface area contributed by atoms with Crippen LogP contribution in [0.4, 0.5) is 0 Å². The number of nitrogens with zero attached hydrogens (tertiary/aromatic N) is 3. The van der Waals surface area contributed by atoms with Crippen LogP contribution in [0, 0.1) is 11.3 Å². The van der Waals surface area contributed by atoms with E-state index in [4.69, 9.17) is 4.52 Å². The highest BCUT2D eigenvalue weighted by molar-refractivity contribution is 5.97. The summed E-state index contributed by atoms with van der Waals surface area (Å²) in [5.41, 5.74) is 1.31. The molecule has 0 aliphatic rings. The van der Waals surface area contributed by atoms with Gasteiger partial charge in [-0.3, -0.25) is 0 Å². The van der Waals surface area contributed by atoms with Crippen molar-refractivity contribution >= 4 is 16.4 Å². The Morgan fingerprint density at radius 1 is 1.05 bits per heavy atom. The number of hydrogen-bond acceptors (Lipinski definition) is 4. The molecule has 0 fully saturated rings. The van der Waals surface area contributed by atoms with Crippen LogP contribution in [0.1, 0.15) is 5.56 Å². The van der Waals surface area contributed by atoms with Crippen LogP contribution in [-0.4, -0.2) is 9.56 Å². The number of hydrogen-bond donors (Lipinski definition) is 0. The summed E-state index contributed by atoms with van der Waals surface area (Å²) in [6, 6.07) is 18.7. The van der Waals surface area contributed by atoms with Crippen LogP contribution in [0.2, 0.25) is 0 Å². The molecule has 0 N–H and O–H groups in total. The molecular formula is C17H9N3O2. The Bertz CT molecular complexity index is 1100. The fourth-order valence-electron chi connectivity index (χ4n) is 2.56. The standard InChI is InChI=1S/C17H9N3O2/c18-10-13-15-12-8-4-5-9-14(12)19-16(20(15)22-17(13)21)11-6-2-1-3-7-11/h1-9H. The van der Waals surface area contributed by atoms with Crippen LogP contribution >= 0.6 is 0 Å². The monoisotopic (exact) mass is 287 g/mol. The topological polar surface area (TPSA) is 71.3 Å². The van der Waals surface area contributed by atoms with Gasteiger partial charge in [0, 0.05) is 10.9 Å². The Hall–Kier alpha value is -3.39. The molecule has 104 valence electrons. The minimum absolute atomic E-state index is 0.00391. The molecular weight excluding hydrogens is 278 g/mol. The largest absolute Gasteiger partial charge is 0.376 e.